The number of carbonyl (C=O) groups excluding carboxylic acids is 1. The second kappa shape index (κ2) is 6.94. The smallest absolute Gasteiger partial charge is 0.224 e. The molecule has 0 fully saturated rings. The van der Waals surface area contributed by atoms with Crippen LogP contribution in [0.4, 0.5) is 11.4 Å². The highest BCUT2D eigenvalue weighted by molar-refractivity contribution is 5.90. The van der Waals surface area contributed by atoms with E-state index in [0.717, 1.165) is 17.8 Å². The van der Waals surface area contributed by atoms with E-state index in [0.29, 0.717) is 12.5 Å². The normalized spacial score (nSPS) is 11.9. The Morgan fingerprint density at radius 1 is 1.29 bits per heavy atom. The first kappa shape index (κ1) is 13.6. The highest BCUT2D eigenvalue weighted by Gasteiger charge is 2.02. The minimum atomic E-state index is 0.0451. The molecule has 0 radical (unpaired) electrons. The van der Waals surface area contributed by atoms with Crippen LogP contribution in [0, 0.1) is 0 Å². The molecule has 2 N–H and O–H groups in total. The molecule has 0 aliphatic heterocycles. The molecule has 3 heteroatoms. The molecular formula is C14H22N2O. The van der Waals surface area contributed by atoms with Gasteiger partial charge in [-0.05, 0) is 31.5 Å². The van der Waals surface area contributed by atoms with Gasteiger partial charge in [0.05, 0.1) is 0 Å². The number of anilines is 2. The fraction of sp³-hybridized carbons (Fsp3) is 0.500. The van der Waals surface area contributed by atoms with E-state index in [4.69, 9.17) is 0 Å². The Morgan fingerprint density at radius 3 is 2.65 bits per heavy atom. The molecule has 1 aromatic rings. The van der Waals surface area contributed by atoms with Gasteiger partial charge in [-0.3, -0.25) is 4.79 Å². The summed E-state index contributed by atoms with van der Waals surface area (Å²) in [6.45, 7) is 6.19. The van der Waals surface area contributed by atoms with E-state index in [9.17, 15) is 4.79 Å². The van der Waals surface area contributed by atoms with Gasteiger partial charge in [-0.15, -0.1) is 0 Å². The topological polar surface area (TPSA) is 41.1 Å². The van der Waals surface area contributed by atoms with Crippen LogP contribution in [0.25, 0.3) is 0 Å². The lowest BCUT2D eigenvalue weighted by Crippen LogP contribution is -2.15. The Bertz CT molecular complexity index is 363. The summed E-state index contributed by atoms with van der Waals surface area (Å²) in [5.41, 5.74) is 1.91. The quantitative estimate of drug-likeness (QED) is 0.789. The van der Waals surface area contributed by atoms with Crippen LogP contribution in [0.5, 0.6) is 0 Å². The molecule has 1 aromatic carbocycles. The lowest BCUT2D eigenvalue weighted by molar-refractivity contribution is -0.115. The van der Waals surface area contributed by atoms with Crippen LogP contribution in [0.2, 0.25) is 0 Å². The minimum absolute atomic E-state index is 0.0451. The van der Waals surface area contributed by atoms with Gasteiger partial charge in [0.2, 0.25) is 5.91 Å². The van der Waals surface area contributed by atoms with Crippen molar-refractivity contribution in [2.45, 2.75) is 46.1 Å². The summed E-state index contributed by atoms with van der Waals surface area (Å²) in [7, 11) is 0. The van der Waals surface area contributed by atoms with Gasteiger partial charge in [0.1, 0.15) is 0 Å². The van der Waals surface area contributed by atoms with Gasteiger partial charge < -0.3 is 10.6 Å². The summed E-state index contributed by atoms with van der Waals surface area (Å²) < 4.78 is 0. The fourth-order valence-corrected chi connectivity index (χ4v) is 1.73. The molecule has 94 valence electrons. The van der Waals surface area contributed by atoms with E-state index in [-0.39, 0.29) is 5.91 Å². The van der Waals surface area contributed by atoms with Crippen molar-refractivity contribution < 1.29 is 4.79 Å². The zero-order valence-electron chi connectivity index (χ0n) is 10.9. The molecule has 0 bridgehead atoms. The molecule has 0 aromatic heterocycles. The predicted molar refractivity (Wildman–Crippen MR) is 73.4 cm³/mol. The Kier molecular flexibility index (Phi) is 5.53. The van der Waals surface area contributed by atoms with Crippen molar-refractivity contribution in [3.05, 3.63) is 24.3 Å². The number of hydrogen-bond acceptors (Lipinski definition) is 2. The van der Waals surface area contributed by atoms with Gasteiger partial charge in [0.15, 0.2) is 0 Å². The van der Waals surface area contributed by atoms with Crippen molar-refractivity contribution in [3.8, 4) is 0 Å². The van der Waals surface area contributed by atoms with Crippen molar-refractivity contribution in [3.63, 3.8) is 0 Å². The van der Waals surface area contributed by atoms with E-state index < -0.39 is 0 Å². The summed E-state index contributed by atoms with van der Waals surface area (Å²) in [6.07, 6.45) is 2.82. The van der Waals surface area contributed by atoms with Crippen LogP contribution in [0.1, 0.15) is 40.0 Å². The number of benzene rings is 1. The largest absolute Gasteiger partial charge is 0.383 e. The molecule has 3 nitrogen and oxygen atoms in total. The molecule has 1 atom stereocenters. The van der Waals surface area contributed by atoms with Crippen molar-refractivity contribution in [1.82, 2.24) is 0 Å². The van der Waals surface area contributed by atoms with Crippen LogP contribution in [0.15, 0.2) is 24.3 Å². The Hall–Kier alpha value is -1.51. The summed E-state index contributed by atoms with van der Waals surface area (Å²) in [6, 6.07) is 8.31. The maximum Gasteiger partial charge on any atom is 0.224 e. The average molecular weight is 234 g/mol. The summed E-state index contributed by atoms with van der Waals surface area (Å²) in [5, 5.41) is 6.28. The van der Waals surface area contributed by atoms with Gasteiger partial charge in [-0.2, -0.15) is 0 Å². The van der Waals surface area contributed by atoms with Crippen LogP contribution >= 0.6 is 0 Å². The van der Waals surface area contributed by atoms with Crippen molar-refractivity contribution in [2.24, 2.45) is 0 Å². The Balaban J connectivity index is 2.62. The van der Waals surface area contributed by atoms with E-state index >= 15 is 0 Å². The van der Waals surface area contributed by atoms with Crippen LogP contribution in [-0.4, -0.2) is 11.9 Å². The predicted octanol–water partition coefficient (Wildman–Crippen LogP) is 3.64. The molecule has 0 saturated heterocycles. The first-order valence-corrected chi connectivity index (χ1v) is 6.32. The third-order valence-electron chi connectivity index (χ3n) is 2.60. The SMILES string of the molecule is CCCC(C)Nc1cccc(NC(=O)CC)c1. The van der Waals surface area contributed by atoms with Crippen LogP contribution in [-0.2, 0) is 4.79 Å². The maximum atomic E-state index is 11.3. The van der Waals surface area contributed by atoms with Crippen molar-refractivity contribution in [1.29, 1.82) is 0 Å². The van der Waals surface area contributed by atoms with Crippen LogP contribution < -0.4 is 10.6 Å². The Labute approximate surface area is 104 Å². The molecule has 0 spiro atoms. The summed E-state index contributed by atoms with van der Waals surface area (Å²) in [4.78, 5) is 11.3. The lowest BCUT2D eigenvalue weighted by Gasteiger charge is -2.15. The average Bonchev–Trinajstić information content (AvgIpc) is 2.29. The number of carbonyl (C=O) groups is 1. The number of nitrogens with one attached hydrogen (secondary N) is 2. The van der Waals surface area contributed by atoms with Crippen molar-refractivity contribution >= 4 is 17.3 Å². The van der Waals surface area contributed by atoms with E-state index in [2.05, 4.69) is 24.5 Å². The highest BCUT2D eigenvalue weighted by Crippen LogP contribution is 2.17. The summed E-state index contributed by atoms with van der Waals surface area (Å²) >= 11 is 0. The zero-order valence-corrected chi connectivity index (χ0v) is 10.9. The number of amides is 1. The highest BCUT2D eigenvalue weighted by atomic mass is 16.1. The Morgan fingerprint density at radius 2 is 2.00 bits per heavy atom. The fourth-order valence-electron chi connectivity index (χ4n) is 1.73. The van der Waals surface area contributed by atoms with Gasteiger partial charge >= 0.3 is 0 Å². The third kappa shape index (κ3) is 4.89. The minimum Gasteiger partial charge on any atom is -0.383 e. The number of hydrogen-bond donors (Lipinski definition) is 2. The van der Waals surface area contributed by atoms with Crippen molar-refractivity contribution in [2.75, 3.05) is 10.6 Å². The molecule has 0 aliphatic carbocycles. The van der Waals surface area contributed by atoms with Gasteiger partial charge in [0, 0.05) is 23.8 Å². The van der Waals surface area contributed by atoms with Crippen LogP contribution in [0.3, 0.4) is 0 Å². The molecule has 17 heavy (non-hydrogen) atoms. The molecule has 0 saturated carbocycles. The molecule has 1 amide bonds. The van der Waals surface area contributed by atoms with E-state index in [1.165, 1.54) is 6.42 Å². The van der Waals surface area contributed by atoms with Gasteiger partial charge in [-0.1, -0.05) is 26.3 Å². The zero-order chi connectivity index (χ0) is 12.7. The first-order chi connectivity index (χ1) is 8.15. The first-order valence-electron chi connectivity index (χ1n) is 6.32. The third-order valence-corrected chi connectivity index (χ3v) is 2.60. The lowest BCUT2D eigenvalue weighted by atomic mass is 10.2. The summed E-state index contributed by atoms with van der Waals surface area (Å²) in [5.74, 6) is 0.0451. The second-order valence-electron chi connectivity index (χ2n) is 4.32. The molecule has 1 rings (SSSR count). The van der Waals surface area contributed by atoms with Gasteiger partial charge in [-0.25, -0.2) is 0 Å². The number of rotatable bonds is 6. The van der Waals surface area contributed by atoms with Gasteiger partial charge in [0.25, 0.3) is 0 Å². The molecule has 1 unspecified atom stereocenters. The second-order valence-corrected chi connectivity index (χ2v) is 4.32. The van der Waals surface area contributed by atoms with E-state index in [1.807, 2.05) is 31.2 Å². The standard InChI is InChI=1S/C14H22N2O/c1-4-7-11(3)15-12-8-6-9-13(10-12)16-14(17)5-2/h6,8-11,15H,4-5,7H2,1-3H3,(H,16,17). The molecule has 0 aliphatic rings. The van der Waals surface area contributed by atoms with E-state index in [1.54, 1.807) is 0 Å². The molecule has 0 heterocycles. The molecular weight excluding hydrogens is 212 g/mol. The maximum absolute atomic E-state index is 11.3. The monoisotopic (exact) mass is 234 g/mol.